The van der Waals surface area contributed by atoms with E-state index in [2.05, 4.69) is 0 Å². The molecule has 28 heavy (non-hydrogen) atoms. The Morgan fingerprint density at radius 3 is 2.21 bits per heavy atom. The van der Waals surface area contributed by atoms with Gasteiger partial charge < -0.3 is 14.6 Å². The van der Waals surface area contributed by atoms with Crippen molar-refractivity contribution >= 4 is 5.97 Å². The van der Waals surface area contributed by atoms with Crippen LogP contribution in [-0.2, 0) is 11.2 Å². The first kappa shape index (κ1) is 19.4. The summed E-state index contributed by atoms with van der Waals surface area (Å²) in [5.74, 6) is -0.553. The number of carbonyl (C=O) groups is 1. The van der Waals surface area contributed by atoms with Crippen LogP contribution in [0, 0.1) is 5.82 Å². The van der Waals surface area contributed by atoms with Gasteiger partial charge in [-0.05, 0) is 53.9 Å². The molecule has 0 spiro atoms. The Balaban J connectivity index is 1.55. The number of hydrogen-bond donors (Lipinski definition) is 1. The highest BCUT2D eigenvalue weighted by molar-refractivity contribution is 5.76. The highest BCUT2D eigenvalue weighted by atomic mass is 19.1. The summed E-state index contributed by atoms with van der Waals surface area (Å²) in [6, 6.07) is 22.4. The zero-order chi connectivity index (χ0) is 19.8. The lowest BCUT2D eigenvalue weighted by molar-refractivity contribution is -0.138. The maximum atomic E-state index is 12.9. The monoisotopic (exact) mass is 380 g/mol. The Morgan fingerprint density at radius 2 is 1.54 bits per heavy atom. The van der Waals surface area contributed by atoms with Gasteiger partial charge in [-0.1, -0.05) is 42.5 Å². The van der Waals surface area contributed by atoms with E-state index in [-0.39, 0.29) is 5.82 Å². The van der Waals surface area contributed by atoms with Crippen molar-refractivity contribution in [1.29, 1.82) is 0 Å². The molecule has 4 nitrogen and oxygen atoms in total. The fourth-order valence-corrected chi connectivity index (χ4v) is 2.88. The molecule has 1 unspecified atom stereocenters. The van der Waals surface area contributed by atoms with E-state index < -0.39 is 11.9 Å². The van der Waals surface area contributed by atoms with Crippen LogP contribution in [0.5, 0.6) is 11.5 Å². The number of halogens is 1. The third kappa shape index (κ3) is 5.58. The molecule has 0 aliphatic heterocycles. The normalized spacial score (nSPS) is 11.6. The Kier molecular flexibility index (Phi) is 6.63. The van der Waals surface area contributed by atoms with E-state index in [9.17, 15) is 14.3 Å². The molecule has 144 valence electrons. The molecule has 0 heterocycles. The summed E-state index contributed by atoms with van der Waals surface area (Å²) in [7, 11) is 0. The Morgan fingerprint density at radius 1 is 0.857 bits per heavy atom. The standard InChI is InChI=1S/C23H21FO4/c24-19-9-11-20(12-10-19)27-13-14-28-21-8-4-5-17(15-21)16-22(23(25)26)18-6-2-1-3-7-18/h1-12,15,22H,13-14,16H2,(H,25,26). The van der Waals surface area contributed by atoms with Crippen molar-refractivity contribution in [1.82, 2.24) is 0 Å². The molecule has 0 saturated heterocycles. The Bertz CT molecular complexity index is 894. The van der Waals surface area contributed by atoms with E-state index in [4.69, 9.17) is 9.47 Å². The summed E-state index contributed by atoms with van der Waals surface area (Å²) in [6.45, 7) is 0.638. The summed E-state index contributed by atoms with van der Waals surface area (Å²) in [5, 5.41) is 9.58. The second-order valence-electron chi connectivity index (χ2n) is 6.30. The van der Waals surface area contributed by atoms with Crippen LogP contribution in [0.2, 0.25) is 0 Å². The predicted octanol–water partition coefficient (Wildman–Crippen LogP) is 4.69. The molecule has 1 atom stereocenters. The van der Waals surface area contributed by atoms with Gasteiger partial charge in [-0.3, -0.25) is 4.79 Å². The average molecular weight is 380 g/mol. The van der Waals surface area contributed by atoms with Gasteiger partial charge in [0.2, 0.25) is 0 Å². The second-order valence-corrected chi connectivity index (χ2v) is 6.30. The van der Waals surface area contributed by atoms with Gasteiger partial charge in [0.25, 0.3) is 0 Å². The van der Waals surface area contributed by atoms with Crippen LogP contribution in [0.25, 0.3) is 0 Å². The fraction of sp³-hybridized carbons (Fsp3) is 0.174. The molecule has 3 aromatic carbocycles. The van der Waals surface area contributed by atoms with Crippen molar-refractivity contribution in [3.8, 4) is 11.5 Å². The molecule has 5 heteroatoms. The van der Waals surface area contributed by atoms with Crippen LogP contribution in [0.1, 0.15) is 17.0 Å². The van der Waals surface area contributed by atoms with E-state index in [1.807, 2.05) is 54.6 Å². The number of hydrogen-bond acceptors (Lipinski definition) is 3. The molecule has 0 aromatic heterocycles. The Labute approximate surface area is 163 Å². The van der Waals surface area contributed by atoms with E-state index in [0.717, 1.165) is 11.1 Å². The van der Waals surface area contributed by atoms with Crippen LogP contribution in [-0.4, -0.2) is 24.3 Å². The third-order valence-electron chi connectivity index (χ3n) is 4.27. The van der Waals surface area contributed by atoms with Crippen molar-refractivity contribution < 1.29 is 23.8 Å². The maximum Gasteiger partial charge on any atom is 0.311 e. The van der Waals surface area contributed by atoms with Gasteiger partial charge in [-0.2, -0.15) is 0 Å². The van der Waals surface area contributed by atoms with E-state index >= 15 is 0 Å². The van der Waals surface area contributed by atoms with Crippen molar-refractivity contribution in [2.75, 3.05) is 13.2 Å². The molecule has 0 amide bonds. The molecule has 0 aliphatic rings. The van der Waals surface area contributed by atoms with Crippen molar-refractivity contribution in [3.63, 3.8) is 0 Å². The minimum atomic E-state index is -0.856. The molecular weight excluding hydrogens is 359 g/mol. The van der Waals surface area contributed by atoms with E-state index in [0.29, 0.717) is 31.1 Å². The van der Waals surface area contributed by atoms with Gasteiger partial charge in [0.05, 0.1) is 5.92 Å². The average Bonchev–Trinajstić information content (AvgIpc) is 2.71. The zero-order valence-electron chi connectivity index (χ0n) is 15.3. The smallest absolute Gasteiger partial charge is 0.311 e. The summed E-state index contributed by atoms with van der Waals surface area (Å²) in [4.78, 5) is 11.7. The Hall–Kier alpha value is -3.34. The van der Waals surface area contributed by atoms with Crippen LogP contribution in [0.15, 0.2) is 78.9 Å². The van der Waals surface area contributed by atoms with Gasteiger partial charge in [0.15, 0.2) is 0 Å². The second kappa shape index (κ2) is 9.55. The van der Waals surface area contributed by atoms with Gasteiger partial charge in [0, 0.05) is 0 Å². The van der Waals surface area contributed by atoms with E-state index in [1.165, 1.54) is 12.1 Å². The van der Waals surface area contributed by atoms with Gasteiger partial charge >= 0.3 is 5.97 Å². The number of carboxylic acids is 1. The summed E-state index contributed by atoms with van der Waals surface area (Å²) in [6.07, 6.45) is 0.378. The minimum Gasteiger partial charge on any atom is -0.490 e. The molecule has 0 radical (unpaired) electrons. The van der Waals surface area contributed by atoms with Crippen LogP contribution in [0.4, 0.5) is 4.39 Å². The summed E-state index contributed by atoms with van der Waals surface area (Å²) < 4.78 is 24.1. The number of benzene rings is 3. The lowest BCUT2D eigenvalue weighted by atomic mass is 9.92. The molecule has 3 rings (SSSR count). The van der Waals surface area contributed by atoms with Crippen LogP contribution >= 0.6 is 0 Å². The SMILES string of the molecule is O=C(O)C(Cc1cccc(OCCOc2ccc(F)cc2)c1)c1ccccc1. The minimum absolute atomic E-state index is 0.310. The lowest BCUT2D eigenvalue weighted by Gasteiger charge is -2.14. The quantitative estimate of drug-likeness (QED) is 0.547. The molecule has 3 aromatic rings. The first-order valence-corrected chi connectivity index (χ1v) is 8.99. The molecule has 1 N–H and O–H groups in total. The molecule has 0 fully saturated rings. The molecule has 0 saturated carbocycles. The fourth-order valence-electron chi connectivity index (χ4n) is 2.88. The summed E-state index contributed by atoms with van der Waals surface area (Å²) >= 11 is 0. The predicted molar refractivity (Wildman–Crippen MR) is 104 cm³/mol. The number of carboxylic acid groups (broad SMARTS) is 1. The van der Waals surface area contributed by atoms with Crippen molar-refractivity contribution in [2.45, 2.75) is 12.3 Å². The number of rotatable bonds is 9. The highest BCUT2D eigenvalue weighted by Crippen LogP contribution is 2.23. The first-order valence-electron chi connectivity index (χ1n) is 8.99. The van der Waals surface area contributed by atoms with Gasteiger partial charge in [0.1, 0.15) is 30.5 Å². The van der Waals surface area contributed by atoms with Crippen molar-refractivity contribution in [3.05, 3.63) is 95.8 Å². The first-order chi connectivity index (χ1) is 13.6. The number of ether oxygens (including phenoxy) is 2. The maximum absolute atomic E-state index is 12.9. The van der Waals surface area contributed by atoms with Crippen LogP contribution < -0.4 is 9.47 Å². The molecule has 0 aliphatic carbocycles. The van der Waals surface area contributed by atoms with Crippen LogP contribution in [0.3, 0.4) is 0 Å². The zero-order valence-corrected chi connectivity index (χ0v) is 15.3. The molecule has 0 bridgehead atoms. The largest absolute Gasteiger partial charge is 0.490 e. The van der Waals surface area contributed by atoms with Crippen molar-refractivity contribution in [2.24, 2.45) is 0 Å². The van der Waals surface area contributed by atoms with Gasteiger partial charge in [-0.15, -0.1) is 0 Å². The van der Waals surface area contributed by atoms with Gasteiger partial charge in [-0.25, -0.2) is 4.39 Å². The highest BCUT2D eigenvalue weighted by Gasteiger charge is 2.20. The summed E-state index contributed by atoms with van der Waals surface area (Å²) in [5.41, 5.74) is 1.65. The van der Waals surface area contributed by atoms with E-state index in [1.54, 1.807) is 12.1 Å². The topological polar surface area (TPSA) is 55.8 Å². The lowest BCUT2D eigenvalue weighted by Crippen LogP contribution is -2.14. The molecular formula is C23H21FO4. The number of aliphatic carboxylic acids is 1. The third-order valence-corrected chi connectivity index (χ3v) is 4.27.